The van der Waals surface area contributed by atoms with Gasteiger partial charge in [0.05, 0.1) is 17.8 Å². The van der Waals surface area contributed by atoms with Gasteiger partial charge in [0.2, 0.25) is 0 Å². The van der Waals surface area contributed by atoms with Crippen molar-refractivity contribution in [2.75, 3.05) is 6.61 Å². The number of nitrogens with zero attached hydrogens (tertiary/aromatic N) is 2. The summed E-state index contributed by atoms with van der Waals surface area (Å²) in [6.07, 6.45) is 5.15. The van der Waals surface area contributed by atoms with Crippen molar-refractivity contribution in [2.24, 2.45) is 0 Å². The highest BCUT2D eigenvalue weighted by Crippen LogP contribution is 2.19. The predicted molar refractivity (Wildman–Crippen MR) is 79.8 cm³/mol. The molecule has 1 rings (SSSR count). The first-order valence-electron chi connectivity index (χ1n) is 7.50. The van der Waals surface area contributed by atoms with Gasteiger partial charge < -0.3 is 10.4 Å². The molecular formula is C15H27N3O2. The summed E-state index contributed by atoms with van der Waals surface area (Å²) in [7, 11) is 0. The Hall–Kier alpha value is -1.36. The molecule has 0 aliphatic rings. The smallest absolute Gasteiger partial charge is 0.254 e. The summed E-state index contributed by atoms with van der Waals surface area (Å²) >= 11 is 0. The lowest BCUT2D eigenvalue weighted by Crippen LogP contribution is -2.33. The number of hydrogen-bond acceptors (Lipinski definition) is 3. The van der Waals surface area contributed by atoms with E-state index in [-0.39, 0.29) is 18.6 Å². The van der Waals surface area contributed by atoms with Gasteiger partial charge in [0.1, 0.15) is 0 Å². The number of rotatable bonds is 8. The van der Waals surface area contributed by atoms with Gasteiger partial charge >= 0.3 is 0 Å². The van der Waals surface area contributed by atoms with Gasteiger partial charge in [-0.2, -0.15) is 5.10 Å². The predicted octanol–water partition coefficient (Wildman–Crippen LogP) is 2.44. The molecule has 0 saturated heterocycles. The fourth-order valence-electron chi connectivity index (χ4n) is 2.42. The second kappa shape index (κ2) is 8.04. The van der Waals surface area contributed by atoms with E-state index in [0.29, 0.717) is 18.0 Å². The minimum Gasteiger partial charge on any atom is -0.396 e. The number of aromatic nitrogens is 2. The van der Waals surface area contributed by atoms with Gasteiger partial charge in [0, 0.05) is 18.3 Å². The first-order valence-corrected chi connectivity index (χ1v) is 7.50. The van der Waals surface area contributed by atoms with Crippen LogP contribution in [0.25, 0.3) is 0 Å². The second-order valence-corrected chi connectivity index (χ2v) is 5.30. The maximum Gasteiger partial charge on any atom is 0.254 e. The van der Waals surface area contributed by atoms with Crippen molar-refractivity contribution in [3.63, 3.8) is 0 Å². The van der Waals surface area contributed by atoms with Crippen molar-refractivity contribution in [3.05, 3.63) is 17.5 Å². The normalized spacial score (nSPS) is 12.7. The molecule has 0 spiro atoms. The highest BCUT2D eigenvalue weighted by Gasteiger charge is 2.18. The molecule has 0 fully saturated rings. The maximum absolute atomic E-state index is 12.2. The van der Waals surface area contributed by atoms with Crippen molar-refractivity contribution in [2.45, 2.75) is 65.5 Å². The fourth-order valence-corrected chi connectivity index (χ4v) is 2.42. The van der Waals surface area contributed by atoms with E-state index in [2.05, 4.69) is 24.3 Å². The Labute approximate surface area is 121 Å². The number of carbonyl (C=O) groups is 1. The van der Waals surface area contributed by atoms with Crippen molar-refractivity contribution >= 4 is 5.91 Å². The summed E-state index contributed by atoms with van der Waals surface area (Å²) < 4.78 is 1.95. The Morgan fingerprint density at radius 1 is 1.45 bits per heavy atom. The molecule has 0 radical (unpaired) electrons. The number of nitrogens with one attached hydrogen (secondary N) is 1. The molecule has 1 unspecified atom stereocenters. The van der Waals surface area contributed by atoms with E-state index < -0.39 is 0 Å². The number of aliphatic hydroxyl groups excluding tert-OH is 1. The molecule has 1 amide bonds. The number of amides is 1. The Balaban J connectivity index is 2.74. The Morgan fingerprint density at radius 2 is 2.10 bits per heavy atom. The third-order valence-electron chi connectivity index (χ3n) is 3.75. The molecule has 0 aromatic carbocycles. The lowest BCUT2D eigenvalue weighted by Gasteiger charge is -2.16. The fraction of sp³-hybridized carbons (Fsp3) is 0.733. The van der Waals surface area contributed by atoms with Crippen LogP contribution in [0.1, 0.15) is 68.5 Å². The molecule has 0 aliphatic carbocycles. The zero-order valence-electron chi connectivity index (χ0n) is 13.0. The van der Waals surface area contributed by atoms with Crippen LogP contribution in [0.3, 0.4) is 0 Å². The topological polar surface area (TPSA) is 67.2 Å². The van der Waals surface area contributed by atoms with E-state index in [4.69, 9.17) is 5.11 Å². The van der Waals surface area contributed by atoms with Crippen LogP contribution in [0.4, 0.5) is 0 Å². The summed E-state index contributed by atoms with van der Waals surface area (Å²) in [5, 5.41) is 16.1. The van der Waals surface area contributed by atoms with E-state index in [1.165, 1.54) is 0 Å². The van der Waals surface area contributed by atoms with Crippen molar-refractivity contribution in [1.82, 2.24) is 15.1 Å². The molecular weight excluding hydrogens is 254 g/mol. The molecule has 2 N–H and O–H groups in total. The lowest BCUT2D eigenvalue weighted by molar-refractivity contribution is 0.0935. The van der Waals surface area contributed by atoms with Gasteiger partial charge in [-0.3, -0.25) is 9.48 Å². The quantitative estimate of drug-likeness (QED) is 0.769. The van der Waals surface area contributed by atoms with Gasteiger partial charge in [0.25, 0.3) is 5.91 Å². The van der Waals surface area contributed by atoms with E-state index >= 15 is 0 Å². The standard InChI is InChI=1S/C15H27N3O2/c1-5-13(6-2)18-12(4)14(10-16-18)15(20)17-11(3)8-7-9-19/h10-11,13,19H,5-9H2,1-4H3,(H,17,20). The van der Waals surface area contributed by atoms with Crippen LogP contribution in [0, 0.1) is 6.92 Å². The minimum absolute atomic E-state index is 0.0607. The van der Waals surface area contributed by atoms with Gasteiger partial charge in [0.15, 0.2) is 0 Å². The van der Waals surface area contributed by atoms with Crippen LogP contribution in [0.2, 0.25) is 0 Å². The van der Waals surface area contributed by atoms with E-state index in [1.807, 2.05) is 18.5 Å². The third-order valence-corrected chi connectivity index (χ3v) is 3.75. The van der Waals surface area contributed by atoms with Gasteiger partial charge in [-0.15, -0.1) is 0 Å². The van der Waals surface area contributed by atoms with Crippen LogP contribution in [-0.4, -0.2) is 33.4 Å². The number of carbonyl (C=O) groups excluding carboxylic acids is 1. The number of aliphatic hydroxyl groups is 1. The molecule has 1 aromatic rings. The summed E-state index contributed by atoms with van der Waals surface area (Å²) in [6.45, 7) is 8.32. The molecule has 5 heteroatoms. The highest BCUT2D eigenvalue weighted by atomic mass is 16.3. The van der Waals surface area contributed by atoms with Crippen LogP contribution in [-0.2, 0) is 0 Å². The van der Waals surface area contributed by atoms with Crippen molar-refractivity contribution in [3.8, 4) is 0 Å². The van der Waals surface area contributed by atoms with Crippen molar-refractivity contribution < 1.29 is 9.90 Å². The largest absolute Gasteiger partial charge is 0.396 e. The third kappa shape index (κ3) is 4.07. The molecule has 0 saturated carbocycles. The second-order valence-electron chi connectivity index (χ2n) is 5.30. The zero-order valence-corrected chi connectivity index (χ0v) is 13.0. The zero-order chi connectivity index (χ0) is 15.1. The Bertz CT molecular complexity index is 425. The summed E-state index contributed by atoms with van der Waals surface area (Å²) in [6, 6.07) is 0.411. The monoisotopic (exact) mass is 281 g/mol. The average molecular weight is 281 g/mol. The Kier molecular flexibility index (Phi) is 6.71. The molecule has 5 nitrogen and oxygen atoms in total. The van der Waals surface area contributed by atoms with E-state index in [1.54, 1.807) is 6.20 Å². The highest BCUT2D eigenvalue weighted by molar-refractivity contribution is 5.95. The number of hydrogen-bond donors (Lipinski definition) is 2. The summed E-state index contributed by atoms with van der Waals surface area (Å²) in [5.41, 5.74) is 1.57. The van der Waals surface area contributed by atoms with Crippen LogP contribution in [0.15, 0.2) is 6.20 Å². The molecule has 114 valence electrons. The molecule has 20 heavy (non-hydrogen) atoms. The lowest BCUT2D eigenvalue weighted by atomic mass is 10.1. The molecule has 0 aliphatic heterocycles. The van der Waals surface area contributed by atoms with E-state index in [0.717, 1.165) is 25.0 Å². The Morgan fingerprint density at radius 3 is 2.65 bits per heavy atom. The minimum atomic E-state index is -0.0786. The van der Waals surface area contributed by atoms with Gasteiger partial charge in [-0.05, 0) is 39.5 Å². The molecule has 1 aromatic heterocycles. The van der Waals surface area contributed by atoms with Crippen LogP contribution < -0.4 is 5.32 Å². The summed E-state index contributed by atoms with van der Waals surface area (Å²) in [5.74, 6) is -0.0786. The van der Waals surface area contributed by atoms with E-state index in [9.17, 15) is 4.79 Å². The van der Waals surface area contributed by atoms with Crippen LogP contribution in [0.5, 0.6) is 0 Å². The first kappa shape index (κ1) is 16.7. The van der Waals surface area contributed by atoms with Gasteiger partial charge in [-0.1, -0.05) is 13.8 Å². The van der Waals surface area contributed by atoms with Crippen LogP contribution >= 0.6 is 0 Å². The average Bonchev–Trinajstić information content (AvgIpc) is 2.80. The first-order chi connectivity index (χ1) is 9.54. The molecule has 0 bridgehead atoms. The molecule has 1 atom stereocenters. The maximum atomic E-state index is 12.2. The SMILES string of the molecule is CCC(CC)n1ncc(C(=O)NC(C)CCCO)c1C. The molecule has 1 heterocycles. The van der Waals surface area contributed by atoms with Crippen molar-refractivity contribution in [1.29, 1.82) is 0 Å². The summed E-state index contributed by atoms with van der Waals surface area (Å²) in [4.78, 5) is 12.2. The van der Waals surface area contributed by atoms with Gasteiger partial charge in [-0.25, -0.2) is 0 Å².